The molecule has 0 spiro atoms. The van der Waals surface area contributed by atoms with Crippen molar-refractivity contribution < 1.29 is 14.7 Å². The van der Waals surface area contributed by atoms with E-state index in [9.17, 15) is 9.59 Å². The van der Waals surface area contributed by atoms with Crippen LogP contribution >= 0.6 is 15.9 Å². The van der Waals surface area contributed by atoms with Crippen molar-refractivity contribution in [3.8, 4) is 0 Å². The van der Waals surface area contributed by atoms with E-state index in [0.717, 1.165) is 19.4 Å². The Morgan fingerprint density at radius 3 is 2.78 bits per heavy atom. The second kappa shape index (κ2) is 5.49. The average Bonchev–Trinajstić information content (AvgIpc) is 2.81. The molecule has 1 aromatic carbocycles. The normalized spacial score (nSPS) is 18.6. The Balaban J connectivity index is 2.13. The number of carbonyl (C=O) groups excluding carboxylic acids is 1. The van der Waals surface area contributed by atoms with Crippen LogP contribution in [0.3, 0.4) is 0 Å². The van der Waals surface area contributed by atoms with Gasteiger partial charge in [-0.2, -0.15) is 0 Å². The van der Waals surface area contributed by atoms with Crippen molar-refractivity contribution >= 4 is 33.5 Å². The van der Waals surface area contributed by atoms with E-state index < -0.39 is 5.97 Å². The second-order valence-corrected chi connectivity index (χ2v) is 5.09. The van der Waals surface area contributed by atoms with Crippen LogP contribution in [0.5, 0.6) is 0 Å². The van der Waals surface area contributed by atoms with Crippen molar-refractivity contribution in [2.45, 2.75) is 18.9 Å². The number of amides is 1. The molecule has 1 aliphatic heterocycles. The van der Waals surface area contributed by atoms with E-state index in [1.165, 1.54) is 12.1 Å². The Bertz CT molecular complexity index is 484. The van der Waals surface area contributed by atoms with Gasteiger partial charge >= 0.3 is 5.97 Å². The van der Waals surface area contributed by atoms with Crippen molar-refractivity contribution in [2.75, 3.05) is 11.9 Å². The van der Waals surface area contributed by atoms with Crippen molar-refractivity contribution in [1.29, 1.82) is 0 Å². The summed E-state index contributed by atoms with van der Waals surface area (Å²) in [4.78, 5) is 22.8. The van der Waals surface area contributed by atoms with Gasteiger partial charge in [-0.3, -0.25) is 4.79 Å². The molecule has 6 heteroatoms. The molecule has 0 unspecified atom stereocenters. The van der Waals surface area contributed by atoms with E-state index in [-0.39, 0.29) is 17.5 Å². The number of carboxylic acid groups (broad SMARTS) is 1. The van der Waals surface area contributed by atoms with Crippen LogP contribution in [0.1, 0.15) is 23.2 Å². The van der Waals surface area contributed by atoms with Gasteiger partial charge in [0.15, 0.2) is 0 Å². The Kier molecular flexibility index (Phi) is 3.98. The van der Waals surface area contributed by atoms with Gasteiger partial charge in [-0.25, -0.2) is 4.79 Å². The van der Waals surface area contributed by atoms with Crippen LogP contribution in [0.2, 0.25) is 0 Å². The van der Waals surface area contributed by atoms with Gasteiger partial charge in [0.05, 0.1) is 11.6 Å². The topological polar surface area (TPSA) is 78.4 Å². The van der Waals surface area contributed by atoms with Gasteiger partial charge in [-0.15, -0.1) is 0 Å². The Hall–Kier alpha value is -1.40. The maximum atomic E-state index is 11.9. The highest BCUT2D eigenvalue weighted by atomic mass is 79.9. The zero-order chi connectivity index (χ0) is 13.1. The lowest BCUT2D eigenvalue weighted by molar-refractivity contribution is -0.117. The van der Waals surface area contributed by atoms with Gasteiger partial charge in [0.2, 0.25) is 5.91 Å². The van der Waals surface area contributed by atoms with Crippen molar-refractivity contribution in [1.82, 2.24) is 5.32 Å². The molecule has 1 aromatic rings. The first-order valence-corrected chi connectivity index (χ1v) is 6.44. The van der Waals surface area contributed by atoms with Gasteiger partial charge in [0.1, 0.15) is 0 Å². The maximum Gasteiger partial charge on any atom is 0.335 e. The van der Waals surface area contributed by atoms with Crippen LogP contribution in [0.4, 0.5) is 5.69 Å². The minimum Gasteiger partial charge on any atom is -0.478 e. The fraction of sp³-hybridized carbons (Fsp3) is 0.333. The second-order valence-electron chi connectivity index (χ2n) is 4.17. The number of carboxylic acids is 1. The first-order valence-electron chi connectivity index (χ1n) is 5.64. The molecule has 3 N–H and O–H groups in total. The van der Waals surface area contributed by atoms with E-state index in [2.05, 4.69) is 26.6 Å². The molecule has 1 atom stereocenters. The molecule has 1 aliphatic rings. The highest BCUT2D eigenvalue weighted by Crippen LogP contribution is 2.20. The lowest BCUT2D eigenvalue weighted by Gasteiger charge is -2.11. The SMILES string of the molecule is O=C(O)c1cc(Br)cc(NC(=O)[C@H]2CCCN2)c1. The van der Waals surface area contributed by atoms with Crippen LogP contribution in [0.25, 0.3) is 0 Å². The summed E-state index contributed by atoms with van der Waals surface area (Å²) in [5.41, 5.74) is 0.625. The molecule has 0 radical (unpaired) electrons. The number of benzene rings is 1. The summed E-state index contributed by atoms with van der Waals surface area (Å²) < 4.78 is 0.622. The molecule has 1 heterocycles. The summed E-state index contributed by atoms with van der Waals surface area (Å²) in [5.74, 6) is -1.15. The largest absolute Gasteiger partial charge is 0.478 e. The molecular weight excluding hydrogens is 300 g/mol. The molecule has 2 rings (SSSR count). The van der Waals surface area contributed by atoms with Crippen LogP contribution in [0.15, 0.2) is 22.7 Å². The number of hydrogen-bond donors (Lipinski definition) is 3. The molecule has 1 saturated heterocycles. The van der Waals surface area contributed by atoms with E-state index in [1.54, 1.807) is 6.07 Å². The third kappa shape index (κ3) is 3.08. The number of nitrogens with one attached hydrogen (secondary N) is 2. The molecule has 0 aromatic heterocycles. The third-order valence-corrected chi connectivity index (χ3v) is 3.25. The van der Waals surface area contributed by atoms with Gasteiger partial charge in [-0.1, -0.05) is 15.9 Å². The van der Waals surface area contributed by atoms with Gasteiger partial charge in [0, 0.05) is 10.2 Å². The van der Waals surface area contributed by atoms with E-state index in [1.807, 2.05) is 0 Å². The summed E-state index contributed by atoms with van der Waals surface area (Å²) in [6.45, 7) is 0.844. The smallest absolute Gasteiger partial charge is 0.335 e. The molecule has 1 fully saturated rings. The number of rotatable bonds is 3. The fourth-order valence-electron chi connectivity index (χ4n) is 1.92. The summed E-state index contributed by atoms with van der Waals surface area (Å²) in [6, 6.07) is 4.43. The van der Waals surface area contributed by atoms with Crippen molar-refractivity contribution in [3.05, 3.63) is 28.2 Å². The number of aromatic carboxylic acids is 1. The predicted molar refractivity (Wildman–Crippen MR) is 70.8 cm³/mol. The van der Waals surface area contributed by atoms with Crippen molar-refractivity contribution in [3.63, 3.8) is 0 Å². The maximum absolute atomic E-state index is 11.9. The lowest BCUT2D eigenvalue weighted by atomic mass is 10.2. The quantitative estimate of drug-likeness (QED) is 0.795. The third-order valence-electron chi connectivity index (χ3n) is 2.79. The van der Waals surface area contributed by atoms with E-state index in [0.29, 0.717) is 10.2 Å². The molecular formula is C12H13BrN2O3. The minimum atomic E-state index is -1.02. The molecule has 96 valence electrons. The molecule has 1 amide bonds. The fourth-order valence-corrected chi connectivity index (χ4v) is 2.42. The molecule has 5 nitrogen and oxygen atoms in total. The first-order chi connectivity index (χ1) is 8.56. The van der Waals surface area contributed by atoms with Crippen LogP contribution < -0.4 is 10.6 Å². The standard InChI is InChI=1S/C12H13BrN2O3/c13-8-4-7(12(17)18)5-9(6-8)15-11(16)10-2-1-3-14-10/h4-6,10,14H,1-3H2,(H,15,16)(H,17,18)/t10-/m1/s1. The number of carbonyl (C=O) groups is 2. The minimum absolute atomic E-state index is 0.123. The van der Waals surface area contributed by atoms with Crippen LogP contribution in [-0.4, -0.2) is 29.6 Å². The lowest BCUT2D eigenvalue weighted by Crippen LogP contribution is -2.35. The zero-order valence-electron chi connectivity index (χ0n) is 9.57. The van der Waals surface area contributed by atoms with Crippen LogP contribution in [0, 0.1) is 0 Å². The molecule has 0 saturated carbocycles. The molecule has 0 aliphatic carbocycles. The summed E-state index contributed by atoms with van der Waals surface area (Å²) in [5, 5.41) is 14.7. The van der Waals surface area contributed by atoms with E-state index >= 15 is 0 Å². The number of hydrogen-bond acceptors (Lipinski definition) is 3. The molecule has 0 bridgehead atoms. The van der Waals surface area contributed by atoms with Gasteiger partial charge in [-0.05, 0) is 37.6 Å². The summed E-state index contributed by atoms with van der Waals surface area (Å²) >= 11 is 3.22. The predicted octanol–water partition coefficient (Wildman–Crippen LogP) is 1.84. The first kappa shape index (κ1) is 13.0. The van der Waals surface area contributed by atoms with Gasteiger partial charge < -0.3 is 15.7 Å². The summed E-state index contributed by atoms with van der Waals surface area (Å²) in [6.07, 6.45) is 1.79. The van der Waals surface area contributed by atoms with Crippen LogP contribution in [-0.2, 0) is 4.79 Å². The monoisotopic (exact) mass is 312 g/mol. The average molecular weight is 313 g/mol. The molecule has 18 heavy (non-hydrogen) atoms. The number of anilines is 1. The Morgan fingerprint density at radius 2 is 2.17 bits per heavy atom. The highest BCUT2D eigenvalue weighted by molar-refractivity contribution is 9.10. The van der Waals surface area contributed by atoms with Gasteiger partial charge in [0.25, 0.3) is 0 Å². The Labute approximate surface area is 113 Å². The summed E-state index contributed by atoms with van der Waals surface area (Å²) in [7, 11) is 0. The highest BCUT2D eigenvalue weighted by Gasteiger charge is 2.22. The number of halogens is 1. The van der Waals surface area contributed by atoms with Crippen molar-refractivity contribution in [2.24, 2.45) is 0 Å². The van der Waals surface area contributed by atoms with E-state index in [4.69, 9.17) is 5.11 Å². The zero-order valence-corrected chi connectivity index (χ0v) is 11.2. The Morgan fingerprint density at radius 1 is 1.39 bits per heavy atom.